The van der Waals surface area contributed by atoms with E-state index in [-0.39, 0.29) is 11.9 Å². The summed E-state index contributed by atoms with van der Waals surface area (Å²) in [6, 6.07) is 9.73. The van der Waals surface area contributed by atoms with Crippen LogP contribution in [-0.2, 0) is 6.54 Å². The Kier molecular flexibility index (Phi) is 4.24. The van der Waals surface area contributed by atoms with E-state index in [1.807, 2.05) is 46.1 Å². The molecule has 0 N–H and O–H groups in total. The second-order valence-electron chi connectivity index (χ2n) is 6.80. The Hall–Kier alpha value is -2.30. The third kappa shape index (κ3) is 3.45. The molecule has 126 valence electrons. The van der Waals surface area contributed by atoms with Gasteiger partial charge in [0.2, 0.25) is 0 Å². The van der Waals surface area contributed by atoms with Crippen LogP contribution in [0.15, 0.2) is 42.7 Å². The summed E-state index contributed by atoms with van der Waals surface area (Å²) in [4.78, 5) is 14.8. The van der Waals surface area contributed by atoms with Crippen molar-refractivity contribution in [2.75, 3.05) is 13.2 Å². The first-order valence-corrected chi connectivity index (χ1v) is 8.81. The van der Waals surface area contributed by atoms with Gasteiger partial charge in [-0.1, -0.05) is 0 Å². The standard InChI is InChI=1S/C19H23N3O2/c23-19(16-6-8-18(9-7-16)24-14-15-4-5-15)22-12-1-3-17(22)13-21-11-2-10-20-21/h2,6-11,15,17H,1,3-5,12-14H2. The van der Waals surface area contributed by atoms with Crippen LogP contribution in [0, 0.1) is 5.92 Å². The summed E-state index contributed by atoms with van der Waals surface area (Å²) in [5.74, 6) is 1.70. The van der Waals surface area contributed by atoms with Crippen LogP contribution in [0.3, 0.4) is 0 Å². The first-order chi connectivity index (χ1) is 11.8. The van der Waals surface area contributed by atoms with E-state index in [1.165, 1.54) is 12.8 Å². The maximum Gasteiger partial charge on any atom is 0.254 e. The molecule has 4 rings (SSSR count). The topological polar surface area (TPSA) is 47.4 Å². The van der Waals surface area contributed by atoms with Crippen LogP contribution in [0.1, 0.15) is 36.0 Å². The van der Waals surface area contributed by atoms with Crippen LogP contribution in [-0.4, -0.2) is 39.8 Å². The highest BCUT2D eigenvalue weighted by molar-refractivity contribution is 5.94. The fourth-order valence-corrected chi connectivity index (χ4v) is 3.28. The van der Waals surface area contributed by atoms with Crippen molar-refractivity contribution in [1.82, 2.24) is 14.7 Å². The van der Waals surface area contributed by atoms with E-state index in [4.69, 9.17) is 4.74 Å². The number of hydrogen-bond acceptors (Lipinski definition) is 3. The lowest BCUT2D eigenvalue weighted by molar-refractivity contribution is 0.0721. The van der Waals surface area contributed by atoms with E-state index in [2.05, 4.69) is 5.10 Å². The maximum atomic E-state index is 12.8. The third-order valence-electron chi connectivity index (χ3n) is 4.88. The van der Waals surface area contributed by atoms with Gasteiger partial charge in [0, 0.05) is 24.5 Å². The van der Waals surface area contributed by atoms with E-state index in [0.717, 1.165) is 49.8 Å². The number of rotatable bonds is 6. The number of ether oxygens (including phenoxy) is 1. The summed E-state index contributed by atoms with van der Waals surface area (Å²) < 4.78 is 7.65. The quantitative estimate of drug-likeness (QED) is 0.820. The first-order valence-electron chi connectivity index (χ1n) is 8.81. The van der Waals surface area contributed by atoms with Crippen molar-refractivity contribution in [2.24, 2.45) is 5.92 Å². The van der Waals surface area contributed by atoms with Gasteiger partial charge < -0.3 is 9.64 Å². The molecular weight excluding hydrogens is 302 g/mol. The average Bonchev–Trinajstić information content (AvgIpc) is 3.08. The molecule has 0 radical (unpaired) electrons. The SMILES string of the molecule is O=C(c1ccc(OCC2CC2)cc1)N1CCCC1Cn1cccn1. The highest BCUT2D eigenvalue weighted by Gasteiger charge is 2.29. The fourth-order valence-electron chi connectivity index (χ4n) is 3.28. The molecule has 2 fully saturated rings. The number of hydrogen-bond donors (Lipinski definition) is 0. The summed E-state index contributed by atoms with van der Waals surface area (Å²) in [5.41, 5.74) is 0.737. The van der Waals surface area contributed by atoms with Crippen molar-refractivity contribution in [1.29, 1.82) is 0 Å². The van der Waals surface area contributed by atoms with Crippen molar-refractivity contribution in [2.45, 2.75) is 38.3 Å². The Labute approximate surface area is 142 Å². The Balaban J connectivity index is 1.39. The zero-order valence-electron chi connectivity index (χ0n) is 13.8. The van der Waals surface area contributed by atoms with Crippen LogP contribution in [0.2, 0.25) is 0 Å². The molecule has 1 aromatic heterocycles. The van der Waals surface area contributed by atoms with Crippen molar-refractivity contribution < 1.29 is 9.53 Å². The molecule has 2 aromatic rings. The Morgan fingerprint density at radius 2 is 2.04 bits per heavy atom. The molecule has 1 saturated heterocycles. The molecule has 1 amide bonds. The van der Waals surface area contributed by atoms with Gasteiger partial charge in [-0.15, -0.1) is 0 Å². The first kappa shape index (κ1) is 15.2. The van der Waals surface area contributed by atoms with E-state index in [1.54, 1.807) is 6.20 Å². The zero-order chi connectivity index (χ0) is 16.4. The molecule has 1 aliphatic carbocycles. The van der Waals surface area contributed by atoms with Gasteiger partial charge in [-0.3, -0.25) is 9.48 Å². The highest BCUT2D eigenvalue weighted by atomic mass is 16.5. The van der Waals surface area contributed by atoms with Gasteiger partial charge in [0.1, 0.15) is 5.75 Å². The molecule has 5 heteroatoms. The molecule has 0 spiro atoms. The lowest BCUT2D eigenvalue weighted by atomic mass is 10.1. The van der Waals surface area contributed by atoms with E-state index >= 15 is 0 Å². The Bertz CT molecular complexity index is 677. The number of likely N-dealkylation sites (tertiary alicyclic amines) is 1. The molecule has 24 heavy (non-hydrogen) atoms. The second-order valence-corrected chi connectivity index (χ2v) is 6.80. The number of aromatic nitrogens is 2. The minimum atomic E-state index is 0.110. The molecular formula is C19H23N3O2. The van der Waals surface area contributed by atoms with Crippen LogP contribution in [0.25, 0.3) is 0 Å². The minimum absolute atomic E-state index is 0.110. The van der Waals surface area contributed by atoms with Gasteiger partial charge in [-0.25, -0.2) is 0 Å². The third-order valence-corrected chi connectivity index (χ3v) is 4.88. The normalized spacial score (nSPS) is 20.3. The summed E-state index contributed by atoms with van der Waals surface area (Å²) in [6.07, 6.45) is 8.38. The van der Waals surface area contributed by atoms with Crippen LogP contribution >= 0.6 is 0 Å². The number of benzene rings is 1. The predicted octanol–water partition coefficient (Wildman–Crippen LogP) is 2.98. The molecule has 2 heterocycles. The van der Waals surface area contributed by atoms with Crippen molar-refractivity contribution in [3.63, 3.8) is 0 Å². The number of amides is 1. The monoisotopic (exact) mass is 325 g/mol. The highest BCUT2D eigenvalue weighted by Crippen LogP contribution is 2.29. The molecule has 1 saturated carbocycles. The van der Waals surface area contributed by atoms with Gasteiger partial charge in [0.05, 0.1) is 19.2 Å². The summed E-state index contributed by atoms with van der Waals surface area (Å²) in [5, 5.41) is 4.26. The smallest absolute Gasteiger partial charge is 0.254 e. The van der Waals surface area contributed by atoms with Gasteiger partial charge in [0.15, 0.2) is 0 Å². The van der Waals surface area contributed by atoms with Gasteiger partial charge >= 0.3 is 0 Å². The van der Waals surface area contributed by atoms with Crippen LogP contribution < -0.4 is 4.74 Å². The van der Waals surface area contributed by atoms with Gasteiger partial charge in [-0.05, 0) is 61.9 Å². The zero-order valence-corrected chi connectivity index (χ0v) is 13.8. The molecule has 5 nitrogen and oxygen atoms in total. The number of carbonyl (C=O) groups excluding carboxylic acids is 1. The van der Waals surface area contributed by atoms with Crippen LogP contribution in [0.5, 0.6) is 5.75 Å². The molecule has 1 aromatic carbocycles. The fraction of sp³-hybridized carbons (Fsp3) is 0.474. The van der Waals surface area contributed by atoms with Gasteiger partial charge in [-0.2, -0.15) is 5.10 Å². The average molecular weight is 325 g/mol. The maximum absolute atomic E-state index is 12.8. The molecule has 1 aliphatic heterocycles. The van der Waals surface area contributed by atoms with Crippen LogP contribution in [0.4, 0.5) is 0 Å². The Morgan fingerprint density at radius 3 is 2.75 bits per heavy atom. The summed E-state index contributed by atoms with van der Waals surface area (Å²) >= 11 is 0. The summed E-state index contributed by atoms with van der Waals surface area (Å²) in [7, 11) is 0. The number of nitrogens with zero attached hydrogens (tertiary/aromatic N) is 3. The largest absolute Gasteiger partial charge is 0.493 e. The second kappa shape index (κ2) is 6.67. The predicted molar refractivity (Wildman–Crippen MR) is 90.9 cm³/mol. The Morgan fingerprint density at radius 1 is 1.21 bits per heavy atom. The lowest BCUT2D eigenvalue weighted by Crippen LogP contribution is -2.38. The number of carbonyl (C=O) groups is 1. The lowest BCUT2D eigenvalue weighted by Gasteiger charge is -2.25. The van der Waals surface area contributed by atoms with Gasteiger partial charge in [0.25, 0.3) is 5.91 Å². The minimum Gasteiger partial charge on any atom is -0.493 e. The molecule has 1 unspecified atom stereocenters. The van der Waals surface area contributed by atoms with E-state index < -0.39 is 0 Å². The molecule has 1 atom stereocenters. The summed E-state index contributed by atoms with van der Waals surface area (Å²) in [6.45, 7) is 2.39. The van der Waals surface area contributed by atoms with Crippen molar-refractivity contribution in [3.8, 4) is 5.75 Å². The molecule has 2 aliphatic rings. The molecule has 0 bridgehead atoms. The van der Waals surface area contributed by atoms with Crippen molar-refractivity contribution >= 4 is 5.91 Å². The van der Waals surface area contributed by atoms with E-state index in [9.17, 15) is 4.79 Å². The van der Waals surface area contributed by atoms with E-state index in [0.29, 0.717) is 0 Å². The van der Waals surface area contributed by atoms with Crippen molar-refractivity contribution in [3.05, 3.63) is 48.3 Å².